The van der Waals surface area contributed by atoms with Crippen LogP contribution in [-0.4, -0.2) is 33.4 Å². The Morgan fingerprint density at radius 2 is 1.93 bits per heavy atom. The second kappa shape index (κ2) is 7.76. The average molecular weight is 412 g/mol. The van der Waals surface area contributed by atoms with Gasteiger partial charge in [0.25, 0.3) is 5.91 Å². The molecule has 3 N–H and O–H groups in total. The number of carbonyl (C=O) groups is 1. The van der Waals surface area contributed by atoms with Crippen LogP contribution in [0.4, 0.5) is 10.2 Å². The van der Waals surface area contributed by atoms with Gasteiger partial charge in [0.2, 0.25) is 0 Å². The fraction of sp³-hybridized carbons (Fsp3) is 0.0500. The van der Waals surface area contributed by atoms with Crippen molar-refractivity contribution >= 4 is 23.3 Å². The van der Waals surface area contributed by atoms with Crippen molar-refractivity contribution < 1.29 is 13.9 Å². The first-order chi connectivity index (χ1) is 14.0. The molecule has 0 atom stereocenters. The molecule has 2 aromatic heterocycles. The maximum atomic E-state index is 13.2. The van der Waals surface area contributed by atoms with E-state index in [1.807, 2.05) is 0 Å². The van der Waals surface area contributed by atoms with Gasteiger partial charge >= 0.3 is 0 Å². The van der Waals surface area contributed by atoms with Crippen LogP contribution < -0.4 is 10.1 Å². The van der Waals surface area contributed by atoms with Crippen LogP contribution >= 0.6 is 11.6 Å². The predicted molar refractivity (Wildman–Crippen MR) is 108 cm³/mol. The number of aromatic amines is 2. The Kier molecular flexibility index (Phi) is 5.01. The van der Waals surface area contributed by atoms with Crippen LogP contribution in [0.15, 0.2) is 54.7 Å². The van der Waals surface area contributed by atoms with Crippen molar-refractivity contribution in [1.29, 1.82) is 0 Å². The van der Waals surface area contributed by atoms with Crippen LogP contribution in [0.25, 0.3) is 22.5 Å². The van der Waals surface area contributed by atoms with Gasteiger partial charge < -0.3 is 10.1 Å². The van der Waals surface area contributed by atoms with E-state index in [1.54, 1.807) is 43.5 Å². The van der Waals surface area contributed by atoms with Crippen molar-refractivity contribution in [2.45, 2.75) is 0 Å². The summed E-state index contributed by atoms with van der Waals surface area (Å²) in [5, 5.41) is 16.9. The summed E-state index contributed by atoms with van der Waals surface area (Å²) in [4.78, 5) is 12.7. The second-order valence-electron chi connectivity index (χ2n) is 6.13. The zero-order valence-electron chi connectivity index (χ0n) is 15.2. The van der Waals surface area contributed by atoms with E-state index in [0.29, 0.717) is 44.7 Å². The molecule has 9 heteroatoms. The number of aromatic nitrogens is 4. The predicted octanol–water partition coefficient (Wildman–Crippen LogP) is 4.52. The van der Waals surface area contributed by atoms with Gasteiger partial charge in [0.1, 0.15) is 11.6 Å². The number of methoxy groups -OCH3 is 1. The molecule has 4 aromatic rings. The first-order valence-corrected chi connectivity index (χ1v) is 8.93. The third-order valence-electron chi connectivity index (χ3n) is 4.29. The third-order valence-corrected chi connectivity index (χ3v) is 4.52. The number of hydrogen-bond donors (Lipinski definition) is 3. The van der Waals surface area contributed by atoms with Crippen LogP contribution in [0.2, 0.25) is 5.02 Å². The van der Waals surface area contributed by atoms with E-state index in [1.165, 1.54) is 18.3 Å². The Balaban J connectivity index is 1.58. The maximum Gasteiger partial charge on any atom is 0.260 e. The Hall–Kier alpha value is -3.65. The first-order valence-electron chi connectivity index (χ1n) is 8.55. The topological polar surface area (TPSA) is 95.7 Å². The molecule has 1 amide bonds. The van der Waals surface area contributed by atoms with Crippen molar-refractivity contribution in [2.24, 2.45) is 0 Å². The van der Waals surface area contributed by atoms with Crippen LogP contribution in [0.3, 0.4) is 0 Å². The van der Waals surface area contributed by atoms with Gasteiger partial charge in [-0.25, -0.2) is 4.39 Å². The lowest BCUT2D eigenvalue weighted by Gasteiger charge is -2.06. The molecule has 29 heavy (non-hydrogen) atoms. The monoisotopic (exact) mass is 411 g/mol. The highest BCUT2D eigenvalue weighted by Gasteiger charge is 2.17. The van der Waals surface area contributed by atoms with E-state index in [0.717, 1.165) is 0 Å². The molecular weight excluding hydrogens is 397 g/mol. The summed E-state index contributed by atoms with van der Waals surface area (Å²) in [5.74, 6) is 0.164. The van der Waals surface area contributed by atoms with Gasteiger partial charge in [0.05, 0.1) is 30.3 Å². The Morgan fingerprint density at radius 1 is 1.14 bits per heavy atom. The number of carbonyl (C=O) groups excluding carboxylic acids is 1. The van der Waals surface area contributed by atoms with Gasteiger partial charge in [-0.1, -0.05) is 11.6 Å². The number of ether oxygens (including phenoxy) is 1. The lowest BCUT2D eigenvalue weighted by molar-refractivity contribution is 0.102. The Morgan fingerprint density at radius 3 is 2.69 bits per heavy atom. The molecule has 4 rings (SSSR count). The Bertz CT molecular complexity index is 1170. The summed E-state index contributed by atoms with van der Waals surface area (Å²) in [6.07, 6.45) is 1.40. The smallest absolute Gasteiger partial charge is 0.260 e. The molecule has 0 unspecified atom stereocenters. The zero-order valence-corrected chi connectivity index (χ0v) is 15.9. The lowest BCUT2D eigenvalue weighted by Crippen LogP contribution is -2.12. The lowest BCUT2D eigenvalue weighted by atomic mass is 10.1. The van der Waals surface area contributed by atoms with Gasteiger partial charge in [-0.05, 0) is 42.5 Å². The summed E-state index contributed by atoms with van der Waals surface area (Å²) in [5.41, 5.74) is 2.77. The molecule has 0 saturated carbocycles. The van der Waals surface area contributed by atoms with Gasteiger partial charge in [-0.2, -0.15) is 10.2 Å². The van der Waals surface area contributed by atoms with Gasteiger partial charge in [0.15, 0.2) is 5.82 Å². The number of hydrogen-bond acceptors (Lipinski definition) is 4. The largest absolute Gasteiger partial charge is 0.496 e. The molecule has 0 fully saturated rings. The molecule has 0 bridgehead atoms. The van der Waals surface area contributed by atoms with Crippen molar-refractivity contribution in [3.63, 3.8) is 0 Å². The number of halogens is 2. The van der Waals surface area contributed by atoms with Crippen LogP contribution in [0, 0.1) is 5.82 Å². The molecule has 2 aromatic carbocycles. The molecule has 0 aliphatic rings. The fourth-order valence-corrected chi connectivity index (χ4v) is 3.07. The summed E-state index contributed by atoms with van der Waals surface area (Å²) in [6.45, 7) is 0. The number of nitrogens with zero attached hydrogens (tertiary/aromatic N) is 2. The highest BCUT2D eigenvalue weighted by Crippen LogP contribution is 2.32. The van der Waals surface area contributed by atoms with E-state index >= 15 is 0 Å². The van der Waals surface area contributed by atoms with Gasteiger partial charge in [-0.3, -0.25) is 15.0 Å². The number of H-pyrrole nitrogens is 2. The molecule has 0 radical (unpaired) electrons. The minimum absolute atomic E-state index is 0.307. The number of anilines is 1. The van der Waals surface area contributed by atoms with Gasteiger partial charge in [-0.15, -0.1) is 0 Å². The molecule has 2 heterocycles. The highest BCUT2D eigenvalue weighted by atomic mass is 35.5. The molecular formula is C20H15ClFN5O2. The summed E-state index contributed by atoms with van der Waals surface area (Å²) in [6, 6.07) is 12.6. The quantitative estimate of drug-likeness (QED) is 0.450. The van der Waals surface area contributed by atoms with Crippen molar-refractivity contribution in [1.82, 2.24) is 20.4 Å². The fourth-order valence-electron chi connectivity index (χ4n) is 2.89. The van der Waals surface area contributed by atoms with E-state index in [2.05, 4.69) is 25.7 Å². The standard InChI is InChI=1S/C20H15ClFN5O2/c1-29-17-7-4-12(21)8-14(17)16-9-18(26-25-16)24-20(28)15-10-23-27-19(15)11-2-5-13(22)6-3-11/h2-10H,1H3,(H,23,27)(H2,24,25,26,28). The number of rotatable bonds is 5. The summed E-state index contributed by atoms with van der Waals surface area (Å²) >= 11 is 6.07. The summed E-state index contributed by atoms with van der Waals surface area (Å²) < 4.78 is 18.5. The Labute approximate surface area is 169 Å². The molecule has 0 aliphatic heterocycles. The molecule has 146 valence electrons. The summed E-state index contributed by atoms with van der Waals surface area (Å²) in [7, 11) is 1.56. The van der Waals surface area contributed by atoms with Crippen LogP contribution in [-0.2, 0) is 0 Å². The third kappa shape index (κ3) is 3.83. The maximum absolute atomic E-state index is 13.2. The molecule has 0 spiro atoms. The SMILES string of the molecule is COc1ccc(Cl)cc1-c1cc(NC(=O)c2cn[nH]c2-c2ccc(F)cc2)n[nH]1. The van der Waals surface area contributed by atoms with E-state index in [9.17, 15) is 9.18 Å². The van der Waals surface area contributed by atoms with E-state index in [4.69, 9.17) is 16.3 Å². The first kappa shape index (κ1) is 18.7. The minimum Gasteiger partial charge on any atom is -0.496 e. The normalized spacial score (nSPS) is 10.7. The average Bonchev–Trinajstić information content (AvgIpc) is 3.38. The zero-order chi connectivity index (χ0) is 20.4. The van der Waals surface area contributed by atoms with Crippen molar-refractivity contribution in [2.75, 3.05) is 12.4 Å². The second-order valence-corrected chi connectivity index (χ2v) is 6.57. The van der Waals surface area contributed by atoms with Crippen LogP contribution in [0.1, 0.15) is 10.4 Å². The number of benzene rings is 2. The van der Waals surface area contributed by atoms with Crippen molar-refractivity contribution in [3.8, 4) is 28.3 Å². The van der Waals surface area contributed by atoms with E-state index in [-0.39, 0.29) is 5.82 Å². The minimum atomic E-state index is -0.408. The number of amides is 1. The molecule has 0 aliphatic carbocycles. The highest BCUT2D eigenvalue weighted by molar-refractivity contribution is 6.31. The number of nitrogens with one attached hydrogen (secondary N) is 3. The van der Waals surface area contributed by atoms with Crippen LogP contribution in [0.5, 0.6) is 5.75 Å². The van der Waals surface area contributed by atoms with Crippen molar-refractivity contribution in [3.05, 3.63) is 71.1 Å². The molecule has 0 saturated heterocycles. The molecule has 7 nitrogen and oxygen atoms in total. The van der Waals surface area contributed by atoms with E-state index < -0.39 is 5.91 Å². The van der Waals surface area contributed by atoms with Gasteiger partial charge in [0, 0.05) is 22.2 Å².